The molecule has 0 aliphatic heterocycles. The standard InChI is InChI=1S/C17H20ClN3O2S/c1-11(5-4-8-22)9-19-17-20-10-14(24-17)16(23)21-15-12(2)6-3-7-13(15)18/h3,6-8,10-11H,4-5,9H2,1-2H3,(H,19,20)(H,21,23). The Morgan fingerprint density at radius 3 is 2.96 bits per heavy atom. The first-order valence-corrected chi connectivity index (χ1v) is 8.90. The SMILES string of the molecule is Cc1cccc(Cl)c1NC(=O)c1cnc(NCC(C)CCC=O)s1. The van der Waals surface area contributed by atoms with Crippen LogP contribution in [0.4, 0.5) is 10.8 Å². The maximum Gasteiger partial charge on any atom is 0.267 e. The molecule has 24 heavy (non-hydrogen) atoms. The molecule has 0 aliphatic carbocycles. The van der Waals surface area contributed by atoms with Gasteiger partial charge in [0.1, 0.15) is 11.2 Å². The lowest BCUT2D eigenvalue weighted by atomic mass is 10.1. The minimum atomic E-state index is -0.231. The predicted octanol–water partition coefficient (Wildman–Crippen LogP) is 4.38. The van der Waals surface area contributed by atoms with Crippen LogP contribution in [0.15, 0.2) is 24.4 Å². The smallest absolute Gasteiger partial charge is 0.267 e. The average molecular weight is 366 g/mol. The number of carbonyl (C=O) groups is 2. The third-order valence-electron chi connectivity index (χ3n) is 3.57. The zero-order valence-corrected chi connectivity index (χ0v) is 15.2. The lowest BCUT2D eigenvalue weighted by Gasteiger charge is -2.10. The fraction of sp³-hybridized carbons (Fsp3) is 0.353. The number of nitrogens with one attached hydrogen (secondary N) is 2. The Morgan fingerprint density at radius 2 is 2.25 bits per heavy atom. The Hall–Kier alpha value is -1.92. The summed E-state index contributed by atoms with van der Waals surface area (Å²) in [6.07, 6.45) is 3.87. The van der Waals surface area contributed by atoms with Crippen LogP contribution >= 0.6 is 22.9 Å². The molecule has 1 aromatic carbocycles. The molecular weight excluding hydrogens is 346 g/mol. The number of thiazole rings is 1. The molecule has 1 aromatic heterocycles. The van der Waals surface area contributed by atoms with E-state index in [1.807, 2.05) is 19.1 Å². The number of aromatic nitrogens is 1. The predicted molar refractivity (Wildman–Crippen MR) is 99.2 cm³/mol. The first-order valence-electron chi connectivity index (χ1n) is 7.71. The molecule has 0 saturated heterocycles. The summed E-state index contributed by atoms with van der Waals surface area (Å²) < 4.78 is 0. The van der Waals surface area contributed by atoms with E-state index in [2.05, 4.69) is 22.5 Å². The summed E-state index contributed by atoms with van der Waals surface area (Å²) in [6, 6.07) is 5.47. The van der Waals surface area contributed by atoms with E-state index in [1.165, 1.54) is 11.3 Å². The van der Waals surface area contributed by atoms with Crippen LogP contribution in [0.25, 0.3) is 0 Å². The van der Waals surface area contributed by atoms with Crippen LogP contribution in [-0.4, -0.2) is 23.7 Å². The fourth-order valence-corrected chi connectivity index (χ4v) is 3.13. The molecule has 2 N–H and O–H groups in total. The third-order valence-corrected chi connectivity index (χ3v) is 4.84. The molecule has 128 valence electrons. The zero-order chi connectivity index (χ0) is 17.5. The van der Waals surface area contributed by atoms with Crippen LogP contribution in [-0.2, 0) is 4.79 Å². The third kappa shape index (κ3) is 5.04. The van der Waals surface area contributed by atoms with Gasteiger partial charge in [0.2, 0.25) is 0 Å². The number of hydrogen-bond donors (Lipinski definition) is 2. The normalized spacial score (nSPS) is 11.8. The lowest BCUT2D eigenvalue weighted by Crippen LogP contribution is -2.12. The van der Waals surface area contributed by atoms with Crippen LogP contribution in [0, 0.1) is 12.8 Å². The highest BCUT2D eigenvalue weighted by atomic mass is 35.5. The maximum atomic E-state index is 12.3. The molecule has 5 nitrogen and oxygen atoms in total. The Balaban J connectivity index is 1.95. The first-order chi connectivity index (χ1) is 11.5. The molecule has 2 rings (SSSR count). The molecule has 1 heterocycles. The highest BCUT2D eigenvalue weighted by Gasteiger charge is 2.14. The Kier molecular flexibility index (Phi) is 6.75. The van der Waals surface area contributed by atoms with Crippen molar-refractivity contribution in [3.8, 4) is 0 Å². The lowest BCUT2D eigenvalue weighted by molar-refractivity contribution is -0.108. The molecule has 0 aliphatic rings. The summed E-state index contributed by atoms with van der Waals surface area (Å²) in [5, 5.41) is 7.23. The second-order valence-corrected chi connectivity index (χ2v) is 7.08. The number of amides is 1. The van der Waals surface area contributed by atoms with Crippen molar-refractivity contribution in [3.05, 3.63) is 39.9 Å². The molecule has 1 atom stereocenters. The second kappa shape index (κ2) is 8.80. The molecule has 0 spiro atoms. The average Bonchev–Trinajstić information content (AvgIpc) is 3.03. The van der Waals surface area contributed by atoms with Gasteiger partial charge in [-0.15, -0.1) is 0 Å². The zero-order valence-electron chi connectivity index (χ0n) is 13.6. The van der Waals surface area contributed by atoms with Gasteiger partial charge < -0.3 is 15.4 Å². The largest absolute Gasteiger partial charge is 0.361 e. The van der Waals surface area contributed by atoms with Gasteiger partial charge in [-0.05, 0) is 30.9 Å². The second-order valence-electron chi connectivity index (χ2n) is 5.65. The van der Waals surface area contributed by atoms with Crippen LogP contribution in [0.2, 0.25) is 5.02 Å². The van der Waals surface area contributed by atoms with Gasteiger partial charge in [-0.2, -0.15) is 0 Å². The van der Waals surface area contributed by atoms with Gasteiger partial charge in [-0.1, -0.05) is 42.0 Å². The van der Waals surface area contributed by atoms with Gasteiger partial charge in [0.25, 0.3) is 5.91 Å². The van der Waals surface area contributed by atoms with Crippen LogP contribution in [0.5, 0.6) is 0 Å². The number of rotatable bonds is 8. The topological polar surface area (TPSA) is 71.1 Å². The molecule has 7 heteroatoms. The van der Waals surface area contributed by atoms with E-state index < -0.39 is 0 Å². The highest BCUT2D eigenvalue weighted by Crippen LogP contribution is 2.27. The van der Waals surface area contributed by atoms with Gasteiger partial charge >= 0.3 is 0 Å². The summed E-state index contributed by atoms with van der Waals surface area (Å²) in [4.78, 5) is 27.5. The molecule has 0 fully saturated rings. The van der Waals surface area contributed by atoms with E-state index in [1.54, 1.807) is 12.3 Å². The van der Waals surface area contributed by atoms with Crippen molar-refractivity contribution in [2.24, 2.45) is 5.92 Å². The van der Waals surface area contributed by atoms with Crippen molar-refractivity contribution in [2.45, 2.75) is 26.7 Å². The van der Waals surface area contributed by atoms with Gasteiger partial charge in [-0.25, -0.2) is 4.98 Å². The molecule has 2 aromatic rings. The number of nitrogens with zero attached hydrogens (tertiary/aromatic N) is 1. The Morgan fingerprint density at radius 1 is 1.46 bits per heavy atom. The quantitative estimate of drug-likeness (QED) is 0.681. The number of halogens is 1. The van der Waals surface area contributed by atoms with Crippen LogP contribution < -0.4 is 10.6 Å². The van der Waals surface area contributed by atoms with Crippen molar-refractivity contribution in [1.29, 1.82) is 0 Å². The molecule has 0 bridgehead atoms. The number of benzene rings is 1. The van der Waals surface area contributed by atoms with E-state index in [0.717, 1.165) is 18.3 Å². The van der Waals surface area contributed by atoms with Crippen molar-refractivity contribution < 1.29 is 9.59 Å². The van der Waals surface area contributed by atoms with Gasteiger partial charge in [0.05, 0.1) is 16.9 Å². The highest BCUT2D eigenvalue weighted by molar-refractivity contribution is 7.17. The summed E-state index contributed by atoms with van der Waals surface area (Å²) in [6.45, 7) is 4.67. The molecule has 1 amide bonds. The number of aldehydes is 1. The monoisotopic (exact) mass is 365 g/mol. The van der Waals surface area contributed by atoms with Gasteiger partial charge in [0.15, 0.2) is 5.13 Å². The van der Waals surface area contributed by atoms with Crippen molar-refractivity contribution in [1.82, 2.24) is 4.98 Å². The van der Waals surface area contributed by atoms with Gasteiger partial charge in [0, 0.05) is 13.0 Å². The van der Waals surface area contributed by atoms with E-state index in [9.17, 15) is 9.59 Å². The van der Waals surface area contributed by atoms with Crippen LogP contribution in [0.1, 0.15) is 35.0 Å². The van der Waals surface area contributed by atoms with E-state index >= 15 is 0 Å². The first kappa shape index (κ1) is 18.4. The van der Waals surface area contributed by atoms with Crippen molar-refractivity contribution in [2.75, 3.05) is 17.2 Å². The Bertz CT molecular complexity index is 697. The maximum absolute atomic E-state index is 12.3. The number of carbonyl (C=O) groups excluding carboxylic acids is 2. The van der Waals surface area contributed by atoms with Crippen molar-refractivity contribution >= 4 is 46.0 Å². The summed E-state index contributed by atoms with van der Waals surface area (Å²) in [5.74, 6) is 0.132. The van der Waals surface area contributed by atoms with Crippen molar-refractivity contribution in [3.63, 3.8) is 0 Å². The fourth-order valence-electron chi connectivity index (χ4n) is 2.14. The van der Waals surface area contributed by atoms with E-state index in [0.29, 0.717) is 39.6 Å². The number of para-hydroxylation sites is 1. The van der Waals surface area contributed by atoms with E-state index in [-0.39, 0.29) is 5.91 Å². The van der Waals surface area contributed by atoms with Crippen LogP contribution in [0.3, 0.4) is 0 Å². The van der Waals surface area contributed by atoms with E-state index in [4.69, 9.17) is 11.6 Å². The van der Waals surface area contributed by atoms with Gasteiger partial charge in [-0.3, -0.25) is 4.79 Å². The molecule has 0 saturated carbocycles. The molecule has 1 unspecified atom stereocenters. The molecule has 0 radical (unpaired) electrons. The Labute approximate surface area is 150 Å². The summed E-state index contributed by atoms with van der Waals surface area (Å²) in [5.41, 5.74) is 1.53. The molecular formula is C17H20ClN3O2S. The minimum absolute atomic E-state index is 0.231. The minimum Gasteiger partial charge on any atom is -0.361 e. The number of aryl methyl sites for hydroxylation is 1. The number of hydrogen-bond acceptors (Lipinski definition) is 5. The summed E-state index contributed by atoms with van der Waals surface area (Å²) >= 11 is 7.42. The summed E-state index contributed by atoms with van der Waals surface area (Å²) in [7, 11) is 0. The number of anilines is 2.